The van der Waals surface area contributed by atoms with E-state index in [1.165, 1.54) is 13.2 Å². The number of nitrogens with zero attached hydrogens (tertiary/aromatic N) is 1. The van der Waals surface area contributed by atoms with Crippen LogP contribution in [0.4, 0.5) is 4.39 Å². The maximum Gasteiger partial charge on any atom is 0.224 e. The average Bonchev–Trinajstić information content (AvgIpc) is 3.07. The van der Waals surface area contributed by atoms with E-state index in [2.05, 4.69) is 5.32 Å². The Morgan fingerprint density at radius 2 is 2.00 bits per heavy atom. The van der Waals surface area contributed by atoms with Gasteiger partial charge in [0.1, 0.15) is 0 Å². The van der Waals surface area contributed by atoms with E-state index in [-0.39, 0.29) is 24.0 Å². The van der Waals surface area contributed by atoms with Crippen molar-refractivity contribution in [1.29, 1.82) is 0 Å². The molecule has 1 aromatic rings. The third-order valence-corrected chi connectivity index (χ3v) is 3.98. The van der Waals surface area contributed by atoms with Crippen LogP contribution in [0.25, 0.3) is 0 Å². The number of ether oxygens (including phenoxy) is 1. The number of hydrogen-bond acceptors (Lipinski definition) is 3. The Kier molecular flexibility index (Phi) is 6.38. The number of rotatable bonds is 7. The number of likely N-dealkylation sites (tertiary alicyclic amines) is 1. The lowest BCUT2D eigenvalue weighted by Crippen LogP contribution is -2.32. The van der Waals surface area contributed by atoms with Crippen molar-refractivity contribution in [3.63, 3.8) is 0 Å². The van der Waals surface area contributed by atoms with Gasteiger partial charge in [-0.2, -0.15) is 0 Å². The van der Waals surface area contributed by atoms with Gasteiger partial charge in [-0.25, -0.2) is 4.39 Å². The number of benzene rings is 1. The Morgan fingerprint density at radius 1 is 1.26 bits per heavy atom. The normalized spacial score (nSPS) is 13.9. The quantitative estimate of drug-likeness (QED) is 0.834. The molecule has 6 heteroatoms. The predicted molar refractivity (Wildman–Crippen MR) is 84.7 cm³/mol. The maximum atomic E-state index is 13.5. The van der Waals surface area contributed by atoms with Crippen molar-refractivity contribution in [1.82, 2.24) is 10.2 Å². The molecule has 2 amide bonds. The first-order valence-corrected chi connectivity index (χ1v) is 7.97. The number of halogens is 1. The molecule has 0 unspecified atom stereocenters. The van der Waals surface area contributed by atoms with Gasteiger partial charge >= 0.3 is 0 Å². The number of carbonyl (C=O) groups excluding carboxylic acids is 2. The first kappa shape index (κ1) is 17.2. The van der Waals surface area contributed by atoms with Crippen molar-refractivity contribution in [3.8, 4) is 5.75 Å². The van der Waals surface area contributed by atoms with Gasteiger partial charge in [0, 0.05) is 32.5 Å². The number of carbonyl (C=O) groups is 2. The Balaban J connectivity index is 1.66. The van der Waals surface area contributed by atoms with Crippen LogP contribution in [0.1, 0.15) is 31.2 Å². The molecule has 0 saturated carbocycles. The zero-order valence-electron chi connectivity index (χ0n) is 13.4. The highest BCUT2D eigenvalue weighted by atomic mass is 19.1. The molecule has 1 heterocycles. The van der Waals surface area contributed by atoms with Gasteiger partial charge in [0.25, 0.3) is 0 Å². The molecule has 0 atom stereocenters. The number of nitrogens with one attached hydrogen (secondary N) is 1. The van der Waals surface area contributed by atoms with E-state index in [1.54, 1.807) is 12.1 Å². The van der Waals surface area contributed by atoms with Gasteiger partial charge in [0.15, 0.2) is 11.6 Å². The van der Waals surface area contributed by atoms with Crippen LogP contribution in [-0.2, 0) is 16.0 Å². The van der Waals surface area contributed by atoms with E-state index in [4.69, 9.17) is 4.74 Å². The molecule has 1 aromatic carbocycles. The molecular formula is C17H23FN2O3. The van der Waals surface area contributed by atoms with Gasteiger partial charge in [-0.05, 0) is 37.0 Å². The molecule has 1 saturated heterocycles. The van der Waals surface area contributed by atoms with Crippen LogP contribution in [0, 0.1) is 5.82 Å². The van der Waals surface area contributed by atoms with Crippen molar-refractivity contribution < 1.29 is 18.7 Å². The Bertz CT molecular complexity index is 557. The summed E-state index contributed by atoms with van der Waals surface area (Å²) >= 11 is 0. The van der Waals surface area contributed by atoms with Crippen LogP contribution in [0.3, 0.4) is 0 Å². The van der Waals surface area contributed by atoms with E-state index in [9.17, 15) is 14.0 Å². The molecule has 1 N–H and O–H groups in total. The van der Waals surface area contributed by atoms with Crippen LogP contribution in [0.2, 0.25) is 0 Å². The lowest BCUT2D eigenvalue weighted by Gasteiger charge is -2.15. The smallest absolute Gasteiger partial charge is 0.224 e. The molecule has 0 spiro atoms. The first-order valence-electron chi connectivity index (χ1n) is 7.97. The molecule has 2 rings (SSSR count). The third-order valence-electron chi connectivity index (χ3n) is 3.98. The van der Waals surface area contributed by atoms with Crippen LogP contribution >= 0.6 is 0 Å². The second-order valence-corrected chi connectivity index (χ2v) is 5.66. The number of methoxy groups -OCH3 is 1. The molecule has 1 aliphatic rings. The van der Waals surface area contributed by atoms with Crippen molar-refractivity contribution in [3.05, 3.63) is 29.6 Å². The van der Waals surface area contributed by atoms with Gasteiger partial charge in [-0.15, -0.1) is 0 Å². The van der Waals surface area contributed by atoms with Crippen LogP contribution in [-0.4, -0.2) is 43.5 Å². The van der Waals surface area contributed by atoms with E-state index < -0.39 is 5.82 Å². The molecule has 0 aromatic heterocycles. The summed E-state index contributed by atoms with van der Waals surface area (Å²) in [6, 6.07) is 4.67. The van der Waals surface area contributed by atoms with E-state index in [0.717, 1.165) is 31.5 Å². The van der Waals surface area contributed by atoms with Crippen LogP contribution < -0.4 is 10.1 Å². The van der Waals surface area contributed by atoms with Crippen LogP contribution in [0.15, 0.2) is 18.2 Å². The maximum absolute atomic E-state index is 13.5. The highest BCUT2D eigenvalue weighted by molar-refractivity contribution is 5.79. The predicted octanol–water partition coefficient (Wildman–Crippen LogP) is 1.90. The average molecular weight is 322 g/mol. The fraction of sp³-hybridized carbons (Fsp3) is 0.529. The third kappa shape index (κ3) is 5.23. The fourth-order valence-electron chi connectivity index (χ4n) is 2.65. The standard InChI is InChI=1S/C17H23FN2O3/c1-23-15-6-4-13(12-14(15)18)5-7-16(21)19-9-8-17(22)20-10-2-3-11-20/h4,6,12H,2-3,5,7-11H2,1H3,(H,19,21). The lowest BCUT2D eigenvalue weighted by molar-refractivity contribution is -0.130. The molecule has 1 fully saturated rings. The van der Waals surface area contributed by atoms with Crippen molar-refractivity contribution in [2.75, 3.05) is 26.7 Å². The van der Waals surface area contributed by atoms with Crippen molar-refractivity contribution in [2.45, 2.75) is 32.1 Å². The summed E-state index contributed by atoms with van der Waals surface area (Å²) in [7, 11) is 1.41. The molecule has 0 radical (unpaired) electrons. The van der Waals surface area contributed by atoms with Gasteiger partial charge in [0.05, 0.1) is 7.11 Å². The van der Waals surface area contributed by atoms with Gasteiger partial charge in [-0.1, -0.05) is 6.07 Å². The first-order chi connectivity index (χ1) is 11.1. The van der Waals surface area contributed by atoms with Gasteiger partial charge < -0.3 is 15.0 Å². The minimum Gasteiger partial charge on any atom is -0.494 e. The number of amides is 2. The molecular weight excluding hydrogens is 299 g/mol. The largest absolute Gasteiger partial charge is 0.494 e. The Morgan fingerprint density at radius 3 is 2.65 bits per heavy atom. The molecule has 126 valence electrons. The zero-order chi connectivity index (χ0) is 16.7. The molecule has 0 bridgehead atoms. The highest BCUT2D eigenvalue weighted by Crippen LogP contribution is 2.18. The molecule has 5 nitrogen and oxygen atoms in total. The van der Waals surface area contributed by atoms with Crippen molar-refractivity contribution in [2.24, 2.45) is 0 Å². The minimum atomic E-state index is -0.429. The van der Waals surface area contributed by atoms with Crippen LogP contribution in [0.5, 0.6) is 5.75 Å². The van der Waals surface area contributed by atoms with E-state index in [0.29, 0.717) is 19.4 Å². The molecule has 23 heavy (non-hydrogen) atoms. The van der Waals surface area contributed by atoms with Gasteiger partial charge in [0.2, 0.25) is 11.8 Å². The van der Waals surface area contributed by atoms with Crippen molar-refractivity contribution >= 4 is 11.8 Å². The van der Waals surface area contributed by atoms with E-state index >= 15 is 0 Å². The summed E-state index contributed by atoms with van der Waals surface area (Å²) in [5.74, 6) is -0.268. The fourth-order valence-corrected chi connectivity index (χ4v) is 2.65. The summed E-state index contributed by atoms with van der Waals surface area (Å²) in [6.45, 7) is 2.01. The molecule has 1 aliphatic heterocycles. The summed E-state index contributed by atoms with van der Waals surface area (Å²) in [6.07, 6.45) is 3.19. The second kappa shape index (κ2) is 8.50. The monoisotopic (exact) mass is 322 g/mol. The number of aryl methyl sites for hydroxylation is 1. The Labute approximate surface area is 135 Å². The summed E-state index contributed by atoms with van der Waals surface area (Å²) in [4.78, 5) is 25.4. The van der Waals surface area contributed by atoms with E-state index in [1.807, 2.05) is 4.90 Å². The zero-order valence-corrected chi connectivity index (χ0v) is 13.4. The lowest BCUT2D eigenvalue weighted by atomic mass is 10.1. The highest BCUT2D eigenvalue weighted by Gasteiger charge is 2.17. The minimum absolute atomic E-state index is 0.0972. The summed E-state index contributed by atoms with van der Waals surface area (Å²) in [5, 5.41) is 2.74. The number of hydrogen-bond donors (Lipinski definition) is 1. The van der Waals surface area contributed by atoms with Gasteiger partial charge in [-0.3, -0.25) is 9.59 Å². The second-order valence-electron chi connectivity index (χ2n) is 5.66. The summed E-state index contributed by atoms with van der Waals surface area (Å²) in [5.41, 5.74) is 0.742. The summed E-state index contributed by atoms with van der Waals surface area (Å²) < 4.78 is 18.4. The molecule has 0 aliphatic carbocycles. The Hall–Kier alpha value is -2.11. The topological polar surface area (TPSA) is 58.6 Å². The SMILES string of the molecule is COc1ccc(CCC(=O)NCCC(=O)N2CCCC2)cc1F.